The summed E-state index contributed by atoms with van der Waals surface area (Å²) in [6.45, 7) is 6.45. The number of hydrogen-bond acceptors (Lipinski definition) is 5. The number of benzene rings is 1. The molecule has 5 nitrogen and oxygen atoms in total. The lowest BCUT2D eigenvalue weighted by atomic mass is 9.48. The Morgan fingerprint density at radius 1 is 1.25 bits per heavy atom. The molecule has 0 aliphatic heterocycles. The monoisotopic (exact) mass is 455 g/mol. The van der Waals surface area contributed by atoms with Gasteiger partial charge >= 0.3 is 0 Å². The number of carbonyl (C=O) groups excluding carboxylic acids is 1. The quantitative estimate of drug-likeness (QED) is 0.372. The van der Waals surface area contributed by atoms with Crippen molar-refractivity contribution in [1.29, 1.82) is 0 Å². The zero-order chi connectivity index (χ0) is 22.3. The van der Waals surface area contributed by atoms with Gasteiger partial charge in [0.2, 0.25) is 0 Å². The van der Waals surface area contributed by atoms with Crippen molar-refractivity contribution in [3.8, 4) is 5.75 Å². The highest BCUT2D eigenvalue weighted by Gasteiger charge is 2.55. The van der Waals surface area contributed by atoms with Crippen LogP contribution in [0.2, 0.25) is 0 Å². The zero-order valence-electron chi connectivity index (χ0n) is 18.5. The van der Waals surface area contributed by atoms with Gasteiger partial charge in [0.15, 0.2) is 28.3 Å². The molecule has 1 unspecified atom stereocenters. The van der Waals surface area contributed by atoms with E-state index < -0.39 is 5.82 Å². The lowest BCUT2D eigenvalue weighted by Crippen LogP contribution is -2.51. The third-order valence-corrected chi connectivity index (χ3v) is 8.59. The van der Waals surface area contributed by atoms with Gasteiger partial charge in [-0.3, -0.25) is 9.36 Å². The van der Waals surface area contributed by atoms with Gasteiger partial charge in [-0.15, -0.1) is 16.8 Å². The molecule has 4 aliphatic rings. The normalized spacial score (nSPS) is 29.1. The van der Waals surface area contributed by atoms with Crippen molar-refractivity contribution in [3.05, 3.63) is 48.6 Å². The predicted molar refractivity (Wildman–Crippen MR) is 122 cm³/mol. The zero-order valence-corrected chi connectivity index (χ0v) is 19.3. The highest BCUT2D eigenvalue weighted by Crippen LogP contribution is 2.61. The smallest absolute Gasteiger partial charge is 0.192 e. The summed E-state index contributed by atoms with van der Waals surface area (Å²) in [7, 11) is 0. The molecular weight excluding hydrogens is 425 g/mol. The number of ketones is 1. The SMILES string of the molecule is C=CCn1c(COc2ccccc2F)nnc1SC(C)C(=O)C12CC3CC(CC(C3)C1)C2. The van der Waals surface area contributed by atoms with Gasteiger partial charge in [-0.2, -0.15) is 0 Å². The van der Waals surface area contributed by atoms with Crippen molar-refractivity contribution in [2.45, 2.75) is 69.0 Å². The van der Waals surface area contributed by atoms with E-state index in [0.717, 1.165) is 37.0 Å². The lowest BCUT2D eigenvalue weighted by molar-refractivity contribution is -0.143. The van der Waals surface area contributed by atoms with Gasteiger partial charge in [-0.1, -0.05) is 30.0 Å². The number of Topliss-reactive ketones (excluding diaryl/α,β-unsaturated/α-hetero) is 1. The second-order valence-corrected chi connectivity index (χ2v) is 11.1. The van der Waals surface area contributed by atoms with Gasteiger partial charge in [0.25, 0.3) is 0 Å². The number of hydrogen-bond donors (Lipinski definition) is 0. The van der Waals surface area contributed by atoms with Gasteiger partial charge in [0, 0.05) is 12.0 Å². The van der Waals surface area contributed by atoms with E-state index in [1.54, 1.807) is 24.3 Å². The Morgan fingerprint density at radius 2 is 1.91 bits per heavy atom. The third kappa shape index (κ3) is 4.00. The van der Waals surface area contributed by atoms with Crippen molar-refractivity contribution < 1.29 is 13.9 Å². The standard InChI is InChI=1S/C25H30FN3O2S/c1-3-8-29-22(15-31-21-7-5-4-6-20(21)26)27-28-24(29)32-16(2)23(30)25-12-17-9-18(13-25)11-19(10-17)14-25/h3-7,16-19H,1,8-15H2,2H3. The van der Waals surface area contributed by atoms with Gasteiger partial charge < -0.3 is 4.74 Å². The molecule has 170 valence electrons. The average Bonchev–Trinajstić information content (AvgIpc) is 3.13. The summed E-state index contributed by atoms with van der Waals surface area (Å²) in [6, 6.07) is 6.31. The largest absolute Gasteiger partial charge is 0.483 e. The van der Waals surface area contributed by atoms with Gasteiger partial charge in [-0.25, -0.2) is 4.39 Å². The molecule has 1 atom stereocenters. The number of halogens is 1. The van der Waals surface area contributed by atoms with Crippen LogP contribution in [-0.2, 0) is 17.9 Å². The number of nitrogens with zero attached hydrogens (tertiary/aromatic N) is 3. The maximum atomic E-state index is 13.9. The van der Waals surface area contributed by atoms with E-state index in [1.807, 2.05) is 11.5 Å². The van der Waals surface area contributed by atoms with E-state index in [0.29, 0.717) is 23.3 Å². The summed E-state index contributed by atoms with van der Waals surface area (Å²) in [5, 5.41) is 9.11. The van der Waals surface area contributed by atoms with E-state index in [4.69, 9.17) is 4.74 Å². The Morgan fingerprint density at radius 3 is 2.53 bits per heavy atom. The third-order valence-electron chi connectivity index (χ3n) is 7.51. The number of carbonyl (C=O) groups is 1. The van der Waals surface area contributed by atoms with Crippen LogP contribution in [0.1, 0.15) is 51.3 Å². The minimum atomic E-state index is -0.410. The molecule has 0 radical (unpaired) electrons. The van der Waals surface area contributed by atoms with Crippen LogP contribution in [0.25, 0.3) is 0 Å². The fraction of sp³-hybridized carbons (Fsp3) is 0.560. The number of aromatic nitrogens is 3. The van der Waals surface area contributed by atoms with E-state index in [1.165, 1.54) is 37.1 Å². The summed E-state index contributed by atoms with van der Waals surface area (Å²) in [5.41, 5.74) is -0.124. The molecule has 0 N–H and O–H groups in total. The van der Waals surface area contributed by atoms with Gasteiger partial charge in [-0.05, 0) is 75.3 Å². The van der Waals surface area contributed by atoms with Crippen LogP contribution in [0.15, 0.2) is 42.1 Å². The number of rotatable bonds is 9. The highest BCUT2D eigenvalue weighted by molar-refractivity contribution is 8.00. The van der Waals surface area contributed by atoms with Crippen molar-refractivity contribution in [1.82, 2.24) is 14.8 Å². The molecule has 7 heteroatoms. The average molecular weight is 456 g/mol. The molecule has 0 saturated heterocycles. The molecule has 32 heavy (non-hydrogen) atoms. The second-order valence-electron chi connectivity index (χ2n) is 9.84. The van der Waals surface area contributed by atoms with Crippen molar-refractivity contribution in [2.75, 3.05) is 0 Å². The molecule has 1 aromatic heterocycles. The minimum absolute atomic E-state index is 0.0969. The topological polar surface area (TPSA) is 57.0 Å². The van der Waals surface area contributed by atoms with Crippen LogP contribution in [0.5, 0.6) is 5.75 Å². The number of ether oxygens (including phenoxy) is 1. The molecular formula is C25H30FN3O2S. The number of thioether (sulfide) groups is 1. The Bertz CT molecular complexity index is 985. The molecule has 4 saturated carbocycles. The van der Waals surface area contributed by atoms with E-state index in [9.17, 15) is 9.18 Å². The summed E-state index contributed by atoms with van der Waals surface area (Å²) in [5.74, 6) is 2.98. The first-order valence-electron chi connectivity index (χ1n) is 11.6. The molecule has 1 aromatic carbocycles. The van der Waals surface area contributed by atoms with Gasteiger partial charge in [0.05, 0.1) is 5.25 Å². The number of allylic oxidation sites excluding steroid dienone is 1. The summed E-state index contributed by atoms with van der Waals surface area (Å²) in [6.07, 6.45) is 8.97. The Balaban J connectivity index is 1.30. The fourth-order valence-corrected chi connectivity index (χ4v) is 7.65. The molecule has 1 heterocycles. The first kappa shape index (κ1) is 21.7. The van der Waals surface area contributed by atoms with Crippen LogP contribution in [0, 0.1) is 29.0 Å². The summed E-state index contributed by atoms with van der Waals surface area (Å²) >= 11 is 1.48. The first-order valence-corrected chi connectivity index (χ1v) is 12.5. The fourth-order valence-electron chi connectivity index (χ4n) is 6.58. The Hall–Kier alpha value is -2.15. The van der Waals surface area contributed by atoms with E-state index >= 15 is 0 Å². The lowest BCUT2D eigenvalue weighted by Gasteiger charge is -2.56. The van der Waals surface area contributed by atoms with Crippen LogP contribution in [0.3, 0.4) is 0 Å². The highest BCUT2D eigenvalue weighted by atomic mass is 32.2. The second kappa shape index (κ2) is 8.65. The molecule has 4 bridgehead atoms. The maximum Gasteiger partial charge on any atom is 0.192 e. The van der Waals surface area contributed by atoms with E-state index in [2.05, 4.69) is 16.8 Å². The molecule has 4 fully saturated rings. The van der Waals surface area contributed by atoms with Crippen LogP contribution in [0.4, 0.5) is 4.39 Å². The predicted octanol–water partition coefficient (Wildman–Crippen LogP) is 5.45. The maximum absolute atomic E-state index is 13.9. The summed E-state index contributed by atoms with van der Waals surface area (Å²) < 4.78 is 21.4. The van der Waals surface area contributed by atoms with Crippen molar-refractivity contribution >= 4 is 17.5 Å². The van der Waals surface area contributed by atoms with Crippen LogP contribution >= 0.6 is 11.8 Å². The first-order chi connectivity index (χ1) is 15.5. The molecule has 0 amide bonds. The van der Waals surface area contributed by atoms with Crippen LogP contribution in [-0.4, -0.2) is 25.8 Å². The van der Waals surface area contributed by atoms with Gasteiger partial charge in [0.1, 0.15) is 6.61 Å². The van der Waals surface area contributed by atoms with Crippen molar-refractivity contribution in [3.63, 3.8) is 0 Å². The Kier molecular flexibility index (Phi) is 5.86. The van der Waals surface area contributed by atoms with Crippen LogP contribution < -0.4 is 4.74 Å². The summed E-state index contributed by atoms with van der Waals surface area (Å²) in [4.78, 5) is 13.7. The Labute approximate surface area is 192 Å². The minimum Gasteiger partial charge on any atom is -0.483 e. The molecule has 6 rings (SSSR count). The molecule has 0 spiro atoms. The van der Waals surface area contributed by atoms with Crippen molar-refractivity contribution in [2.24, 2.45) is 23.2 Å². The molecule has 4 aliphatic carbocycles. The molecule has 2 aromatic rings. The van der Waals surface area contributed by atoms with E-state index in [-0.39, 0.29) is 23.0 Å². The number of para-hydroxylation sites is 1.